The maximum Gasteiger partial charge on any atom is 0.241 e. The van der Waals surface area contributed by atoms with Gasteiger partial charge in [-0.2, -0.15) is 0 Å². The second-order valence-electron chi connectivity index (χ2n) is 8.04. The van der Waals surface area contributed by atoms with Gasteiger partial charge in [-0.05, 0) is 25.2 Å². The third-order valence-corrected chi connectivity index (χ3v) is 6.05. The first-order chi connectivity index (χ1) is 12.7. The average Bonchev–Trinajstić information content (AvgIpc) is 3.30. The van der Waals surface area contributed by atoms with Crippen molar-refractivity contribution in [1.29, 1.82) is 0 Å². The molecule has 7 heteroatoms. The number of nitrogens with one attached hydrogen (secondary N) is 1. The van der Waals surface area contributed by atoms with Crippen molar-refractivity contribution in [3.63, 3.8) is 0 Å². The minimum absolute atomic E-state index is 0.141. The maximum absolute atomic E-state index is 11.9. The Morgan fingerprint density at radius 1 is 1.15 bits per heavy atom. The molecule has 1 N–H and O–H groups in total. The quantitative estimate of drug-likeness (QED) is 0.859. The highest BCUT2D eigenvalue weighted by Crippen LogP contribution is 2.27. The smallest absolute Gasteiger partial charge is 0.241 e. The lowest BCUT2D eigenvalue weighted by atomic mass is 10.1. The SMILES string of the molecule is CN1CCN(c2cc(NC3CCN(CC4CCCC4)C3)ncn2)CC1=O. The van der Waals surface area contributed by atoms with Gasteiger partial charge in [0.15, 0.2) is 0 Å². The van der Waals surface area contributed by atoms with Crippen molar-refractivity contribution in [3.05, 3.63) is 12.4 Å². The summed E-state index contributed by atoms with van der Waals surface area (Å²) in [6.07, 6.45) is 8.42. The third kappa shape index (κ3) is 4.09. The van der Waals surface area contributed by atoms with Gasteiger partial charge in [-0.3, -0.25) is 4.79 Å². The van der Waals surface area contributed by atoms with Crippen molar-refractivity contribution in [1.82, 2.24) is 19.8 Å². The number of nitrogens with zero attached hydrogens (tertiary/aromatic N) is 5. The number of likely N-dealkylation sites (tertiary alicyclic amines) is 1. The molecule has 1 unspecified atom stereocenters. The molecule has 2 saturated heterocycles. The number of carbonyl (C=O) groups excluding carboxylic acids is 1. The first-order valence-electron chi connectivity index (χ1n) is 9.97. The number of carbonyl (C=O) groups is 1. The van der Waals surface area contributed by atoms with Crippen LogP contribution in [0.1, 0.15) is 32.1 Å². The zero-order valence-electron chi connectivity index (χ0n) is 15.7. The van der Waals surface area contributed by atoms with Gasteiger partial charge in [0.25, 0.3) is 0 Å². The zero-order valence-corrected chi connectivity index (χ0v) is 15.7. The molecule has 2 aliphatic heterocycles. The predicted octanol–water partition coefficient (Wildman–Crippen LogP) is 1.43. The summed E-state index contributed by atoms with van der Waals surface area (Å²) in [6.45, 7) is 5.49. The van der Waals surface area contributed by atoms with E-state index in [-0.39, 0.29) is 5.91 Å². The lowest BCUT2D eigenvalue weighted by Crippen LogP contribution is -2.48. The average molecular weight is 358 g/mol. The van der Waals surface area contributed by atoms with Crippen molar-refractivity contribution < 1.29 is 4.79 Å². The maximum atomic E-state index is 11.9. The number of piperazine rings is 1. The van der Waals surface area contributed by atoms with Gasteiger partial charge >= 0.3 is 0 Å². The predicted molar refractivity (Wildman–Crippen MR) is 102 cm³/mol. The van der Waals surface area contributed by atoms with E-state index in [0.29, 0.717) is 12.6 Å². The van der Waals surface area contributed by atoms with Crippen LogP contribution in [0.5, 0.6) is 0 Å². The Hall–Kier alpha value is -1.89. The molecule has 142 valence electrons. The standard InChI is InChI=1S/C19H30N6O/c1-23-8-9-25(13-19(23)26)18-10-17(20-14-21-18)22-16-6-7-24(12-16)11-15-4-2-3-5-15/h10,14-16H,2-9,11-13H2,1H3,(H,20,21,22). The monoisotopic (exact) mass is 358 g/mol. The molecule has 3 aliphatic rings. The molecule has 3 fully saturated rings. The molecule has 1 atom stereocenters. The molecule has 26 heavy (non-hydrogen) atoms. The Morgan fingerprint density at radius 3 is 2.81 bits per heavy atom. The van der Waals surface area contributed by atoms with Crippen LogP contribution in [0.4, 0.5) is 11.6 Å². The largest absolute Gasteiger partial charge is 0.366 e. The lowest BCUT2D eigenvalue weighted by molar-refractivity contribution is -0.129. The number of anilines is 2. The van der Waals surface area contributed by atoms with Crippen LogP contribution in [-0.2, 0) is 4.79 Å². The molecule has 0 radical (unpaired) electrons. The van der Waals surface area contributed by atoms with E-state index in [1.165, 1.54) is 45.2 Å². The molecule has 1 aromatic rings. The normalized spacial score (nSPS) is 25.3. The number of amides is 1. The lowest BCUT2D eigenvalue weighted by Gasteiger charge is -2.32. The van der Waals surface area contributed by atoms with Crippen LogP contribution in [0.15, 0.2) is 12.4 Å². The molecule has 0 aromatic carbocycles. The summed E-state index contributed by atoms with van der Waals surface area (Å²) < 4.78 is 0. The van der Waals surface area contributed by atoms with E-state index in [9.17, 15) is 4.79 Å². The molecule has 7 nitrogen and oxygen atoms in total. The highest BCUT2D eigenvalue weighted by Gasteiger charge is 2.27. The Kier molecular flexibility index (Phi) is 5.24. The molecule has 0 spiro atoms. The summed E-state index contributed by atoms with van der Waals surface area (Å²) in [5.41, 5.74) is 0. The summed E-state index contributed by atoms with van der Waals surface area (Å²) in [5.74, 6) is 2.76. The van der Waals surface area contributed by atoms with E-state index in [4.69, 9.17) is 0 Å². The van der Waals surface area contributed by atoms with E-state index < -0.39 is 0 Å². The number of aromatic nitrogens is 2. The molecular weight excluding hydrogens is 328 g/mol. The van der Waals surface area contributed by atoms with Crippen molar-refractivity contribution >= 4 is 17.5 Å². The van der Waals surface area contributed by atoms with Crippen LogP contribution < -0.4 is 10.2 Å². The molecular formula is C19H30N6O. The summed E-state index contributed by atoms with van der Waals surface area (Å²) in [7, 11) is 1.85. The highest BCUT2D eigenvalue weighted by molar-refractivity contribution is 5.82. The minimum atomic E-state index is 0.141. The van der Waals surface area contributed by atoms with E-state index in [1.54, 1.807) is 11.2 Å². The van der Waals surface area contributed by atoms with Gasteiger partial charge in [-0.15, -0.1) is 0 Å². The van der Waals surface area contributed by atoms with Crippen LogP contribution in [0.3, 0.4) is 0 Å². The molecule has 1 amide bonds. The Balaban J connectivity index is 1.32. The van der Waals surface area contributed by atoms with E-state index in [0.717, 1.165) is 37.2 Å². The summed E-state index contributed by atoms with van der Waals surface area (Å²) in [5, 5.41) is 3.58. The Bertz CT molecular complexity index is 632. The van der Waals surface area contributed by atoms with Crippen molar-refractivity contribution in [2.24, 2.45) is 5.92 Å². The van der Waals surface area contributed by atoms with Crippen molar-refractivity contribution in [2.75, 3.05) is 56.5 Å². The Morgan fingerprint density at radius 2 is 2.00 bits per heavy atom. The number of rotatable bonds is 5. The van der Waals surface area contributed by atoms with Gasteiger partial charge in [0.1, 0.15) is 18.0 Å². The summed E-state index contributed by atoms with van der Waals surface area (Å²) in [6, 6.07) is 2.44. The van der Waals surface area contributed by atoms with Crippen molar-refractivity contribution in [3.8, 4) is 0 Å². The van der Waals surface area contributed by atoms with Gasteiger partial charge in [-0.25, -0.2) is 9.97 Å². The zero-order chi connectivity index (χ0) is 17.9. The second kappa shape index (κ2) is 7.78. The number of hydrogen-bond donors (Lipinski definition) is 1. The molecule has 1 aromatic heterocycles. The van der Waals surface area contributed by atoms with E-state index in [1.807, 2.05) is 18.0 Å². The van der Waals surface area contributed by atoms with Crippen LogP contribution >= 0.6 is 0 Å². The van der Waals surface area contributed by atoms with E-state index >= 15 is 0 Å². The van der Waals surface area contributed by atoms with Crippen LogP contribution in [0.25, 0.3) is 0 Å². The minimum Gasteiger partial charge on any atom is -0.366 e. The first kappa shape index (κ1) is 17.5. The fraction of sp³-hybridized carbons (Fsp3) is 0.737. The van der Waals surface area contributed by atoms with Gasteiger partial charge in [-0.1, -0.05) is 12.8 Å². The fourth-order valence-corrected chi connectivity index (χ4v) is 4.44. The first-order valence-corrected chi connectivity index (χ1v) is 9.97. The third-order valence-electron chi connectivity index (χ3n) is 6.05. The molecule has 0 bridgehead atoms. The van der Waals surface area contributed by atoms with Crippen molar-refractivity contribution in [2.45, 2.75) is 38.1 Å². The fourth-order valence-electron chi connectivity index (χ4n) is 4.44. The topological polar surface area (TPSA) is 64.6 Å². The molecule has 3 heterocycles. The Labute approximate surface area is 155 Å². The van der Waals surface area contributed by atoms with Crippen LogP contribution in [0.2, 0.25) is 0 Å². The summed E-state index contributed by atoms with van der Waals surface area (Å²) in [4.78, 5) is 27.1. The van der Waals surface area contributed by atoms with Crippen LogP contribution in [-0.4, -0.2) is 78.0 Å². The van der Waals surface area contributed by atoms with Crippen LogP contribution in [0, 0.1) is 5.92 Å². The molecule has 1 aliphatic carbocycles. The number of likely N-dealkylation sites (N-methyl/N-ethyl adjacent to an activating group) is 1. The number of hydrogen-bond acceptors (Lipinski definition) is 6. The van der Waals surface area contributed by atoms with Gasteiger partial charge in [0, 0.05) is 51.9 Å². The van der Waals surface area contributed by atoms with Gasteiger partial charge in [0.2, 0.25) is 5.91 Å². The van der Waals surface area contributed by atoms with E-state index in [2.05, 4.69) is 20.2 Å². The van der Waals surface area contributed by atoms with Gasteiger partial charge < -0.3 is 20.0 Å². The summed E-state index contributed by atoms with van der Waals surface area (Å²) >= 11 is 0. The molecule has 1 saturated carbocycles. The second-order valence-corrected chi connectivity index (χ2v) is 8.04. The van der Waals surface area contributed by atoms with Gasteiger partial charge in [0.05, 0.1) is 6.54 Å². The highest BCUT2D eigenvalue weighted by atomic mass is 16.2. The molecule has 4 rings (SSSR count).